The fraction of sp³-hybridized carbons (Fsp3) is 0.524. The number of nitrogens with one attached hydrogen (secondary N) is 1. The van der Waals surface area contributed by atoms with Crippen LogP contribution < -0.4 is 5.32 Å². The van der Waals surface area contributed by atoms with Gasteiger partial charge in [0.1, 0.15) is 5.01 Å². The summed E-state index contributed by atoms with van der Waals surface area (Å²) in [5.41, 5.74) is 2.14. The number of ether oxygens (including phenoxy) is 1. The Kier molecular flexibility index (Phi) is 8.70. The van der Waals surface area contributed by atoms with E-state index in [0.717, 1.165) is 42.6 Å². The Hall–Kier alpha value is -1.19. The Labute approximate surface area is 189 Å². The van der Waals surface area contributed by atoms with Gasteiger partial charge in [0.15, 0.2) is 5.96 Å². The lowest BCUT2D eigenvalue weighted by molar-refractivity contribution is -0.0772. The largest absolute Gasteiger partial charge is 0.372 e. The van der Waals surface area contributed by atoms with Gasteiger partial charge >= 0.3 is 0 Å². The molecule has 154 valence electrons. The molecule has 1 aliphatic heterocycles. The van der Waals surface area contributed by atoms with Crippen LogP contribution in [0.5, 0.6) is 0 Å². The molecular weight excluding hydrogens is 483 g/mol. The molecule has 0 bridgehead atoms. The van der Waals surface area contributed by atoms with E-state index in [4.69, 9.17) is 9.72 Å². The molecule has 0 aliphatic carbocycles. The van der Waals surface area contributed by atoms with E-state index < -0.39 is 0 Å². The first-order chi connectivity index (χ1) is 12.9. The topological polar surface area (TPSA) is 49.8 Å². The lowest BCUT2D eigenvalue weighted by atomic mass is 10.1. The van der Waals surface area contributed by atoms with Gasteiger partial charge in [0.05, 0.1) is 23.9 Å². The fourth-order valence-corrected chi connectivity index (χ4v) is 4.11. The molecule has 0 unspecified atom stereocenters. The van der Waals surface area contributed by atoms with Gasteiger partial charge in [-0.05, 0) is 33.6 Å². The highest BCUT2D eigenvalue weighted by Gasteiger charge is 2.25. The van der Waals surface area contributed by atoms with Gasteiger partial charge in [-0.1, -0.05) is 30.3 Å². The van der Waals surface area contributed by atoms with Crippen molar-refractivity contribution in [3.8, 4) is 10.6 Å². The van der Waals surface area contributed by atoms with Crippen molar-refractivity contribution in [1.29, 1.82) is 0 Å². The number of halogens is 1. The molecule has 1 N–H and O–H groups in total. The summed E-state index contributed by atoms with van der Waals surface area (Å²) in [5, 5.41) is 6.64. The van der Waals surface area contributed by atoms with Crippen LogP contribution in [0.3, 0.4) is 0 Å². The monoisotopic (exact) mass is 514 g/mol. The standard InChI is InChI=1S/C21H30N4OS.HI/c1-21(2,3)26-18-10-12-25(13-11-18)20(22-4)23-14-17-15-27-19(24-17)16-8-6-5-7-9-16;/h5-9,15,18H,10-14H2,1-4H3,(H,22,23);1H. The Morgan fingerprint density at radius 2 is 1.93 bits per heavy atom. The zero-order valence-electron chi connectivity index (χ0n) is 17.1. The molecule has 0 spiro atoms. The second kappa shape index (κ2) is 10.5. The molecule has 1 fully saturated rings. The average molecular weight is 514 g/mol. The van der Waals surface area contributed by atoms with E-state index in [9.17, 15) is 0 Å². The second-order valence-corrected chi connectivity index (χ2v) is 8.69. The molecule has 1 aliphatic rings. The number of likely N-dealkylation sites (tertiary alicyclic amines) is 1. The predicted octanol–water partition coefficient (Wildman–Crippen LogP) is 4.78. The number of aromatic nitrogens is 1. The van der Waals surface area contributed by atoms with Gasteiger partial charge in [0.2, 0.25) is 0 Å². The first-order valence-corrected chi connectivity index (χ1v) is 10.5. The van der Waals surface area contributed by atoms with Crippen LogP contribution in [0.15, 0.2) is 40.7 Å². The summed E-state index contributed by atoms with van der Waals surface area (Å²) in [5.74, 6) is 0.943. The minimum atomic E-state index is -0.0756. The van der Waals surface area contributed by atoms with Crippen molar-refractivity contribution in [1.82, 2.24) is 15.2 Å². The number of hydrogen-bond donors (Lipinski definition) is 1. The van der Waals surface area contributed by atoms with Crippen LogP contribution in [0, 0.1) is 0 Å². The van der Waals surface area contributed by atoms with E-state index in [0.29, 0.717) is 12.6 Å². The molecule has 1 aromatic carbocycles. The number of rotatable bonds is 4. The van der Waals surface area contributed by atoms with Crippen LogP contribution in [0.1, 0.15) is 39.3 Å². The van der Waals surface area contributed by atoms with Crippen molar-refractivity contribution in [2.75, 3.05) is 20.1 Å². The molecule has 3 rings (SSSR count). The summed E-state index contributed by atoms with van der Waals surface area (Å²) < 4.78 is 6.12. The minimum absolute atomic E-state index is 0. The molecule has 1 saturated heterocycles. The molecule has 28 heavy (non-hydrogen) atoms. The summed E-state index contributed by atoms with van der Waals surface area (Å²) in [6.07, 6.45) is 2.41. The van der Waals surface area contributed by atoms with Gasteiger partial charge < -0.3 is 15.0 Å². The second-order valence-electron chi connectivity index (χ2n) is 7.83. The van der Waals surface area contributed by atoms with Crippen LogP contribution in [-0.2, 0) is 11.3 Å². The van der Waals surface area contributed by atoms with E-state index >= 15 is 0 Å². The zero-order valence-corrected chi connectivity index (χ0v) is 20.3. The van der Waals surface area contributed by atoms with Gasteiger partial charge in [0, 0.05) is 31.1 Å². The summed E-state index contributed by atoms with van der Waals surface area (Å²) in [4.78, 5) is 11.5. The number of guanidine groups is 1. The molecule has 0 saturated carbocycles. The van der Waals surface area contributed by atoms with E-state index in [-0.39, 0.29) is 29.6 Å². The van der Waals surface area contributed by atoms with Crippen LogP contribution in [0.25, 0.3) is 10.6 Å². The fourth-order valence-electron chi connectivity index (χ4n) is 3.29. The Bertz CT molecular complexity index is 749. The SMILES string of the molecule is CN=C(NCc1csc(-c2ccccc2)n1)N1CCC(OC(C)(C)C)CC1.I. The molecule has 7 heteroatoms. The Morgan fingerprint density at radius 3 is 2.54 bits per heavy atom. The third-order valence-corrected chi connectivity index (χ3v) is 5.41. The van der Waals surface area contributed by atoms with E-state index in [1.165, 1.54) is 5.56 Å². The molecule has 5 nitrogen and oxygen atoms in total. The highest BCUT2D eigenvalue weighted by molar-refractivity contribution is 14.0. The third kappa shape index (κ3) is 6.70. The van der Waals surface area contributed by atoms with Gasteiger partial charge in [-0.2, -0.15) is 0 Å². The smallest absolute Gasteiger partial charge is 0.193 e. The van der Waals surface area contributed by atoms with Crippen molar-refractivity contribution in [3.63, 3.8) is 0 Å². The first-order valence-electron chi connectivity index (χ1n) is 9.58. The average Bonchev–Trinajstić information content (AvgIpc) is 3.12. The number of piperidine rings is 1. The molecule has 1 aromatic heterocycles. The molecule has 0 amide bonds. The van der Waals surface area contributed by atoms with E-state index in [1.54, 1.807) is 11.3 Å². The Morgan fingerprint density at radius 1 is 1.25 bits per heavy atom. The number of thiazole rings is 1. The summed E-state index contributed by atoms with van der Waals surface area (Å²) in [6, 6.07) is 10.3. The normalized spacial score (nSPS) is 16.0. The molecule has 2 aromatic rings. The quantitative estimate of drug-likeness (QED) is 0.363. The zero-order chi connectivity index (χ0) is 19.3. The number of benzene rings is 1. The highest BCUT2D eigenvalue weighted by atomic mass is 127. The van der Waals surface area contributed by atoms with Gasteiger partial charge in [0.25, 0.3) is 0 Å². The maximum absolute atomic E-state index is 6.12. The molecule has 2 heterocycles. The van der Waals surface area contributed by atoms with Crippen molar-refractivity contribution in [2.24, 2.45) is 4.99 Å². The number of aliphatic imine (C=N–C) groups is 1. The third-order valence-electron chi connectivity index (χ3n) is 4.47. The Balaban J connectivity index is 0.00000280. The lowest BCUT2D eigenvalue weighted by Gasteiger charge is -2.36. The maximum atomic E-state index is 6.12. The van der Waals surface area contributed by atoms with Gasteiger partial charge in [-0.3, -0.25) is 4.99 Å². The molecule has 0 radical (unpaired) electrons. The van der Waals surface area contributed by atoms with Crippen molar-refractivity contribution < 1.29 is 4.74 Å². The lowest BCUT2D eigenvalue weighted by Crippen LogP contribution is -2.47. The van der Waals surface area contributed by atoms with Gasteiger partial charge in [-0.25, -0.2) is 4.98 Å². The van der Waals surface area contributed by atoms with Crippen LogP contribution >= 0.6 is 35.3 Å². The maximum Gasteiger partial charge on any atom is 0.193 e. The van der Waals surface area contributed by atoms with Crippen LogP contribution in [0.2, 0.25) is 0 Å². The minimum Gasteiger partial charge on any atom is -0.372 e. The number of hydrogen-bond acceptors (Lipinski definition) is 4. The summed E-state index contributed by atoms with van der Waals surface area (Å²) in [6.45, 7) is 8.99. The van der Waals surface area contributed by atoms with Crippen LogP contribution in [-0.4, -0.2) is 47.7 Å². The molecular formula is C21H31IN4OS. The van der Waals surface area contributed by atoms with Crippen LogP contribution in [0.4, 0.5) is 0 Å². The van der Waals surface area contributed by atoms with Crippen molar-refractivity contribution in [3.05, 3.63) is 41.4 Å². The van der Waals surface area contributed by atoms with E-state index in [2.05, 4.69) is 53.5 Å². The van der Waals surface area contributed by atoms with E-state index in [1.807, 2.05) is 25.2 Å². The molecule has 0 atom stereocenters. The first kappa shape index (κ1) is 23.1. The summed E-state index contributed by atoms with van der Waals surface area (Å²) >= 11 is 1.68. The summed E-state index contributed by atoms with van der Waals surface area (Å²) in [7, 11) is 1.84. The van der Waals surface area contributed by atoms with Crippen molar-refractivity contribution in [2.45, 2.75) is 51.9 Å². The predicted molar refractivity (Wildman–Crippen MR) is 129 cm³/mol. The number of nitrogens with zero attached hydrogens (tertiary/aromatic N) is 3. The highest BCUT2D eigenvalue weighted by Crippen LogP contribution is 2.23. The van der Waals surface area contributed by atoms with Gasteiger partial charge in [-0.15, -0.1) is 35.3 Å². The van der Waals surface area contributed by atoms with Crippen molar-refractivity contribution >= 4 is 41.3 Å².